The standard InChI is InChI=1S/C25H25N3O3S/c32-25(27-20-8-6-19(7-9-20)26-18-4-2-1-3-5-18)28-14-12-21(13-15-28)31-22-10-11-23-24(16-22)30-17-29-23/h1-11,16,21,26H,12-15,17H2,(H,27,32). The highest BCUT2D eigenvalue weighted by Gasteiger charge is 2.23. The van der Waals surface area contributed by atoms with Crippen molar-refractivity contribution >= 4 is 34.4 Å². The molecule has 1 fully saturated rings. The molecule has 1 saturated heterocycles. The summed E-state index contributed by atoms with van der Waals surface area (Å²) in [5.41, 5.74) is 3.08. The summed E-state index contributed by atoms with van der Waals surface area (Å²) < 4.78 is 16.9. The number of hydrogen-bond donors (Lipinski definition) is 2. The fourth-order valence-corrected chi connectivity index (χ4v) is 4.15. The number of nitrogens with one attached hydrogen (secondary N) is 2. The lowest BCUT2D eigenvalue weighted by atomic mass is 10.1. The Balaban J connectivity index is 1.10. The van der Waals surface area contributed by atoms with Crippen LogP contribution >= 0.6 is 12.2 Å². The zero-order valence-electron chi connectivity index (χ0n) is 17.6. The lowest BCUT2D eigenvalue weighted by molar-refractivity contribution is 0.131. The first-order valence-corrected chi connectivity index (χ1v) is 11.2. The fourth-order valence-electron chi connectivity index (χ4n) is 3.85. The van der Waals surface area contributed by atoms with E-state index >= 15 is 0 Å². The Labute approximate surface area is 193 Å². The minimum atomic E-state index is 0.165. The van der Waals surface area contributed by atoms with Crippen molar-refractivity contribution in [2.45, 2.75) is 18.9 Å². The van der Waals surface area contributed by atoms with Crippen LogP contribution in [0.15, 0.2) is 72.8 Å². The van der Waals surface area contributed by atoms with E-state index in [0.717, 1.165) is 65.4 Å². The number of thiocarbonyl (C=S) groups is 1. The van der Waals surface area contributed by atoms with E-state index in [9.17, 15) is 0 Å². The zero-order chi connectivity index (χ0) is 21.8. The van der Waals surface area contributed by atoms with Crippen molar-refractivity contribution in [1.29, 1.82) is 0 Å². The van der Waals surface area contributed by atoms with Crippen LogP contribution < -0.4 is 24.8 Å². The van der Waals surface area contributed by atoms with Crippen molar-refractivity contribution in [3.05, 3.63) is 72.8 Å². The maximum Gasteiger partial charge on any atom is 0.231 e. The Morgan fingerprint density at radius 2 is 1.53 bits per heavy atom. The predicted octanol–water partition coefficient (Wildman–Crippen LogP) is 5.40. The lowest BCUT2D eigenvalue weighted by Gasteiger charge is -2.34. The number of rotatable bonds is 5. The number of fused-ring (bicyclic) bond motifs is 1. The van der Waals surface area contributed by atoms with Crippen LogP contribution in [0.2, 0.25) is 0 Å². The van der Waals surface area contributed by atoms with Crippen molar-refractivity contribution < 1.29 is 14.2 Å². The summed E-state index contributed by atoms with van der Waals surface area (Å²) in [7, 11) is 0. The summed E-state index contributed by atoms with van der Waals surface area (Å²) in [6.07, 6.45) is 1.99. The Hall–Kier alpha value is -3.45. The molecule has 7 heteroatoms. The molecule has 2 aliphatic rings. The van der Waals surface area contributed by atoms with Gasteiger partial charge in [-0.1, -0.05) is 18.2 Å². The molecule has 2 aliphatic heterocycles. The first-order chi connectivity index (χ1) is 15.7. The van der Waals surface area contributed by atoms with Gasteiger partial charge in [-0.05, 0) is 60.7 Å². The molecule has 5 rings (SSSR count). The van der Waals surface area contributed by atoms with Gasteiger partial charge in [-0.3, -0.25) is 0 Å². The number of hydrogen-bond acceptors (Lipinski definition) is 5. The largest absolute Gasteiger partial charge is 0.490 e. The number of benzene rings is 3. The number of nitrogens with zero attached hydrogens (tertiary/aromatic N) is 1. The van der Waals surface area contributed by atoms with Crippen LogP contribution in [0.4, 0.5) is 17.1 Å². The summed E-state index contributed by atoms with van der Waals surface area (Å²) in [6, 6.07) is 24.0. The summed E-state index contributed by atoms with van der Waals surface area (Å²) in [5.74, 6) is 2.33. The fraction of sp³-hybridized carbons (Fsp3) is 0.240. The Bertz CT molecular complexity index is 1070. The SMILES string of the molecule is S=C(Nc1ccc(Nc2ccccc2)cc1)N1CCC(Oc2ccc3c(c2)OCO3)CC1. The van der Waals surface area contributed by atoms with Crippen molar-refractivity contribution in [2.75, 3.05) is 30.5 Å². The van der Waals surface area contributed by atoms with Gasteiger partial charge in [0, 0.05) is 49.1 Å². The Morgan fingerprint density at radius 1 is 0.844 bits per heavy atom. The first kappa shape index (κ1) is 20.5. The molecule has 2 N–H and O–H groups in total. The summed E-state index contributed by atoms with van der Waals surface area (Å²) in [6.45, 7) is 1.98. The highest BCUT2D eigenvalue weighted by atomic mass is 32.1. The summed E-state index contributed by atoms with van der Waals surface area (Å²) in [4.78, 5) is 2.20. The Kier molecular flexibility index (Phi) is 5.98. The predicted molar refractivity (Wildman–Crippen MR) is 130 cm³/mol. The zero-order valence-corrected chi connectivity index (χ0v) is 18.4. The van der Waals surface area contributed by atoms with E-state index in [1.54, 1.807) is 0 Å². The van der Waals surface area contributed by atoms with Crippen molar-refractivity contribution in [3.63, 3.8) is 0 Å². The normalized spacial score (nSPS) is 15.3. The van der Waals surface area contributed by atoms with Crippen LogP contribution in [0, 0.1) is 0 Å². The van der Waals surface area contributed by atoms with Gasteiger partial charge in [-0.25, -0.2) is 0 Å². The molecule has 0 amide bonds. The van der Waals surface area contributed by atoms with Crippen LogP contribution in [-0.4, -0.2) is 36.0 Å². The van der Waals surface area contributed by atoms with Crippen LogP contribution in [0.1, 0.15) is 12.8 Å². The molecule has 0 aromatic heterocycles. The third-order valence-electron chi connectivity index (χ3n) is 5.57. The summed E-state index contributed by atoms with van der Waals surface area (Å²) >= 11 is 5.64. The molecule has 6 nitrogen and oxygen atoms in total. The van der Waals surface area contributed by atoms with Gasteiger partial charge >= 0.3 is 0 Å². The second-order valence-electron chi connectivity index (χ2n) is 7.82. The van der Waals surface area contributed by atoms with Crippen LogP contribution in [0.25, 0.3) is 0 Å². The van der Waals surface area contributed by atoms with Gasteiger partial charge in [0.2, 0.25) is 6.79 Å². The van der Waals surface area contributed by atoms with E-state index in [1.807, 2.05) is 72.8 Å². The molecule has 0 aliphatic carbocycles. The lowest BCUT2D eigenvalue weighted by Crippen LogP contribution is -2.43. The molecular formula is C25H25N3O3S. The smallest absolute Gasteiger partial charge is 0.231 e. The molecule has 3 aromatic rings. The Morgan fingerprint density at radius 3 is 2.31 bits per heavy atom. The van der Waals surface area contributed by atoms with E-state index in [4.69, 9.17) is 26.4 Å². The van der Waals surface area contributed by atoms with Gasteiger partial charge in [-0.15, -0.1) is 0 Å². The van der Waals surface area contributed by atoms with Crippen molar-refractivity contribution in [1.82, 2.24) is 4.90 Å². The molecule has 0 saturated carbocycles. The van der Waals surface area contributed by atoms with Crippen LogP contribution in [-0.2, 0) is 0 Å². The second-order valence-corrected chi connectivity index (χ2v) is 8.20. The van der Waals surface area contributed by atoms with Gasteiger partial charge < -0.3 is 29.7 Å². The average molecular weight is 448 g/mol. The number of anilines is 3. The number of piperidine rings is 1. The van der Waals surface area contributed by atoms with Gasteiger partial charge in [0.05, 0.1) is 0 Å². The molecule has 3 aromatic carbocycles. The third kappa shape index (κ3) is 4.89. The average Bonchev–Trinajstić information content (AvgIpc) is 3.29. The number of ether oxygens (including phenoxy) is 3. The quantitative estimate of drug-likeness (QED) is 0.508. The first-order valence-electron chi connectivity index (χ1n) is 10.8. The van der Waals surface area contributed by atoms with Gasteiger partial charge in [0.1, 0.15) is 11.9 Å². The van der Waals surface area contributed by atoms with Gasteiger partial charge in [-0.2, -0.15) is 0 Å². The van der Waals surface area contributed by atoms with E-state index in [1.165, 1.54) is 0 Å². The minimum Gasteiger partial charge on any atom is -0.490 e. The van der Waals surface area contributed by atoms with Gasteiger partial charge in [0.15, 0.2) is 16.6 Å². The summed E-state index contributed by atoms with van der Waals surface area (Å²) in [5, 5.41) is 7.49. The molecule has 2 heterocycles. The van der Waals surface area contributed by atoms with Gasteiger partial charge in [0.25, 0.3) is 0 Å². The molecule has 0 spiro atoms. The third-order valence-corrected chi connectivity index (χ3v) is 5.93. The van der Waals surface area contributed by atoms with E-state index in [-0.39, 0.29) is 12.9 Å². The number of para-hydroxylation sites is 1. The highest BCUT2D eigenvalue weighted by Crippen LogP contribution is 2.35. The molecule has 0 unspecified atom stereocenters. The maximum atomic E-state index is 6.16. The number of likely N-dealkylation sites (tertiary alicyclic amines) is 1. The van der Waals surface area contributed by atoms with Crippen LogP contribution in [0.3, 0.4) is 0 Å². The minimum absolute atomic E-state index is 0.165. The van der Waals surface area contributed by atoms with Crippen molar-refractivity contribution in [2.24, 2.45) is 0 Å². The van der Waals surface area contributed by atoms with Crippen LogP contribution in [0.5, 0.6) is 17.2 Å². The molecule has 32 heavy (non-hydrogen) atoms. The molecule has 0 bridgehead atoms. The van der Waals surface area contributed by atoms with E-state index < -0.39 is 0 Å². The van der Waals surface area contributed by atoms with E-state index in [0.29, 0.717) is 0 Å². The topological polar surface area (TPSA) is 55.0 Å². The molecule has 164 valence electrons. The van der Waals surface area contributed by atoms with E-state index in [2.05, 4.69) is 15.5 Å². The highest BCUT2D eigenvalue weighted by molar-refractivity contribution is 7.80. The molecule has 0 atom stereocenters. The second kappa shape index (κ2) is 9.36. The van der Waals surface area contributed by atoms with Crippen molar-refractivity contribution in [3.8, 4) is 17.2 Å². The molecule has 0 radical (unpaired) electrons. The molecular weight excluding hydrogens is 422 g/mol. The maximum absolute atomic E-state index is 6.16. The monoisotopic (exact) mass is 447 g/mol.